The lowest BCUT2D eigenvalue weighted by Gasteiger charge is -1.94. The van der Waals surface area contributed by atoms with E-state index in [1.54, 1.807) is 30.5 Å². The molecule has 0 unspecified atom stereocenters. The van der Waals surface area contributed by atoms with Crippen molar-refractivity contribution in [2.24, 2.45) is 0 Å². The van der Waals surface area contributed by atoms with E-state index in [4.69, 9.17) is 5.26 Å². The third kappa shape index (κ3) is 1.80. The van der Waals surface area contributed by atoms with Gasteiger partial charge in [-0.1, -0.05) is 18.2 Å². The van der Waals surface area contributed by atoms with E-state index in [0.717, 1.165) is 0 Å². The molecular formula is C8H6N2O. The fourth-order valence-corrected chi connectivity index (χ4v) is 0.712. The van der Waals surface area contributed by atoms with E-state index in [0.29, 0.717) is 5.56 Å². The Labute approximate surface area is 64.3 Å². The molecule has 1 aromatic carbocycles. The second kappa shape index (κ2) is 3.37. The fourth-order valence-electron chi connectivity index (χ4n) is 0.712. The van der Waals surface area contributed by atoms with Gasteiger partial charge in [0.15, 0.2) is 6.19 Å². The first kappa shape index (κ1) is 7.29. The normalized spacial score (nSPS) is 8.27. The summed E-state index contributed by atoms with van der Waals surface area (Å²) in [6, 6.07) is 8.58. The van der Waals surface area contributed by atoms with E-state index >= 15 is 0 Å². The molecule has 1 aromatic rings. The Bertz CT molecular complexity index is 287. The van der Waals surface area contributed by atoms with Gasteiger partial charge in [0, 0.05) is 5.56 Å². The van der Waals surface area contributed by atoms with Crippen LogP contribution >= 0.6 is 0 Å². The first-order chi connectivity index (χ1) is 5.34. The van der Waals surface area contributed by atoms with Crippen molar-refractivity contribution in [2.75, 3.05) is 0 Å². The number of nitrogens with zero attached hydrogens (tertiary/aromatic N) is 1. The molecule has 3 nitrogen and oxygen atoms in total. The Hall–Kier alpha value is -1.82. The molecule has 0 saturated heterocycles. The van der Waals surface area contributed by atoms with E-state index in [9.17, 15) is 4.79 Å². The third-order valence-electron chi connectivity index (χ3n) is 1.21. The molecule has 0 aliphatic heterocycles. The minimum atomic E-state index is -0.367. The van der Waals surface area contributed by atoms with Crippen molar-refractivity contribution in [1.82, 2.24) is 5.32 Å². The molecule has 0 heterocycles. The summed E-state index contributed by atoms with van der Waals surface area (Å²) in [4.78, 5) is 10.9. The number of benzene rings is 1. The van der Waals surface area contributed by atoms with Crippen LogP contribution < -0.4 is 5.32 Å². The quantitative estimate of drug-likeness (QED) is 0.471. The number of rotatable bonds is 1. The van der Waals surface area contributed by atoms with Crippen molar-refractivity contribution in [3.05, 3.63) is 35.9 Å². The SMILES string of the molecule is N#CN[11C](=O)c1ccccc1. The van der Waals surface area contributed by atoms with E-state index in [1.165, 1.54) is 0 Å². The highest BCUT2D eigenvalue weighted by Gasteiger charge is 2.00. The number of hydrogen-bond acceptors (Lipinski definition) is 2. The van der Waals surface area contributed by atoms with E-state index < -0.39 is 0 Å². The Balaban J connectivity index is 2.79. The summed E-state index contributed by atoms with van der Waals surface area (Å²) >= 11 is 0. The molecule has 54 valence electrons. The highest BCUT2D eigenvalue weighted by atomic mass is 16.1. The molecule has 1 N–H and O–H groups in total. The van der Waals surface area contributed by atoms with Gasteiger partial charge >= 0.3 is 0 Å². The Morgan fingerprint density at radius 2 is 2.00 bits per heavy atom. The number of nitriles is 1. The van der Waals surface area contributed by atoms with Crippen LogP contribution in [0.25, 0.3) is 0 Å². The summed E-state index contributed by atoms with van der Waals surface area (Å²) in [7, 11) is 0. The number of carbonyl (C=O) groups excluding carboxylic acids is 1. The van der Waals surface area contributed by atoms with E-state index in [1.807, 2.05) is 11.4 Å². The summed E-state index contributed by atoms with van der Waals surface area (Å²) in [5.41, 5.74) is 0.494. The van der Waals surface area contributed by atoms with Crippen LogP contribution in [0.15, 0.2) is 30.3 Å². The second-order valence-corrected chi connectivity index (χ2v) is 1.93. The molecule has 0 aliphatic carbocycles. The molecule has 1 amide bonds. The minimum absolute atomic E-state index is 0.367. The molecule has 1 rings (SSSR count). The van der Waals surface area contributed by atoms with Crippen LogP contribution in [0.1, 0.15) is 10.4 Å². The van der Waals surface area contributed by atoms with Crippen molar-refractivity contribution in [3.8, 4) is 6.19 Å². The molecule has 0 atom stereocenters. The topological polar surface area (TPSA) is 52.9 Å². The van der Waals surface area contributed by atoms with Crippen molar-refractivity contribution in [2.45, 2.75) is 0 Å². The highest BCUT2D eigenvalue weighted by molar-refractivity contribution is 5.94. The number of nitrogens with one attached hydrogen (secondary N) is 1. The lowest BCUT2D eigenvalue weighted by molar-refractivity contribution is 0.0973. The predicted octanol–water partition coefficient (Wildman–Crippen LogP) is 0.897. The van der Waals surface area contributed by atoms with Gasteiger partial charge in [-0.2, -0.15) is 5.26 Å². The molecule has 0 radical (unpaired) electrons. The zero-order chi connectivity index (χ0) is 8.10. The van der Waals surface area contributed by atoms with Crippen molar-refractivity contribution in [1.29, 1.82) is 5.26 Å². The monoisotopic (exact) mass is 145 g/mol. The first-order valence-corrected chi connectivity index (χ1v) is 3.09. The smallest absolute Gasteiger partial charge is 0.264 e. The molecule has 3 heteroatoms. The second-order valence-electron chi connectivity index (χ2n) is 1.93. The van der Waals surface area contributed by atoms with Crippen molar-refractivity contribution in [3.63, 3.8) is 0 Å². The summed E-state index contributed by atoms with van der Waals surface area (Å²) < 4.78 is 0. The molecule has 0 aromatic heterocycles. The summed E-state index contributed by atoms with van der Waals surface area (Å²) in [6.45, 7) is 0. The van der Waals surface area contributed by atoms with E-state index in [-0.39, 0.29) is 5.91 Å². The molecule has 11 heavy (non-hydrogen) atoms. The van der Waals surface area contributed by atoms with Crippen LogP contribution in [0.4, 0.5) is 0 Å². The van der Waals surface area contributed by atoms with Crippen LogP contribution in [-0.2, 0) is 0 Å². The van der Waals surface area contributed by atoms with Crippen LogP contribution in [0.3, 0.4) is 0 Å². The first-order valence-electron chi connectivity index (χ1n) is 3.09. The Morgan fingerprint density at radius 3 is 2.55 bits per heavy atom. The largest absolute Gasteiger partial charge is 0.268 e. The van der Waals surface area contributed by atoms with Gasteiger partial charge < -0.3 is 0 Å². The minimum Gasteiger partial charge on any atom is -0.268 e. The van der Waals surface area contributed by atoms with Crippen LogP contribution in [0.2, 0.25) is 0 Å². The van der Waals surface area contributed by atoms with Gasteiger partial charge in [0.05, 0.1) is 0 Å². The predicted molar refractivity (Wildman–Crippen MR) is 39.5 cm³/mol. The molecule has 0 bridgehead atoms. The van der Waals surface area contributed by atoms with Gasteiger partial charge in [-0.05, 0) is 12.1 Å². The zero-order valence-corrected chi connectivity index (χ0v) is 5.74. The number of amides is 1. The lowest BCUT2D eigenvalue weighted by Crippen LogP contribution is -2.16. The van der Waals surface area contributed by atoms with Crippen LogP contribution in [0, 0.1) is 11.5 Å². The maximum absolute atomic E-state index is 10.9. The number of carbonyl (C=O) groups is 1. The lowest BCUT2D eigenvalue weighted by atomic mass is 9.90. The molecule has 0 fully saturated rings. The standard InChI is InChI=1S/C8H6N2O/c9-6-10-8(11)7-4-2-1-3-5-7/h1-5H,(H,10,11)/i8-1. The molecule has 0 spiro atoms. The number of hydrogen-bond donors (Lipinski definition) is 1. The average molecular weight is 145 g/mol. The highest BCUT2D eigenvalue weighted by Crippen LogP contribution is 1.96. The van der Waals surface area contributed by atoms with Crippen LogP contribution in [0.5, 0.6) is 0 Å². The van der Waals surface area contributed by atoms with Gasteiger partial charge in [0.1, 0.15) is 0 Å². The van der Waals surface area contributed by atoms with Gasteiger partial charge in [-0.3, -0.25) is 10.1 Å². The average Bonchev–Trinajstić information content (AvgIpc) is 2.07. The maximum atomic E-state index is 10.9. The maximum Gasteiger partial charge on any atom is 0.264 e. The Morgan fingerprint density at radius 1 is 1.36 bits per heavy atom. The summed E-state index contributed by atoms with van der Waals surface area (Å²) in [5, 5.41) is 10.1. The molecular weight excluding hydrogens is 139 g/mol. The van der Waals surface area contributed by atoms with E-state index in [2.05, 4.69) is 0 Å². The zero-order valence-electron chi connectivity index (χ0n) is 5.74. The molecule has 0 aliphatic rings. The van der Waals surface area contributed by atoms with Gasteiger partial charge in [-0.15, -0.1) is 0 Å². The van der Waals surface area contributed by atoms with Crippen molar-refractivity contribution >= 4 is 5.91 Å². The third-order valence-corrected chi connectivity index (χ3v) is 1.21. The summed E-state index contributed by atoms with van der Waals surface area (Å²) in [6.07, 6.45) is 1.57. The van der Waals surface area contributed by atoms with Gasteiger partial charge in [0.25, 0.3) is 5.91 Å². The van der Waals surface area contributed by atoms with Gasteiger partial charge in [-0.25, -0.2) is 0 Å². The Kier molecular flexibility index (Phi) is 2.24. The molecule has 0 saturated carbocycles. The van der Waals surface area contributed by atoms with Crippen LogP contribution in [-0.4, -0.2) is 5.91 Å². The van der Waals surface area contributed by atoms with Crippen molar-refractivity contribution < 1.29 is 4.79 Å². The van der Waals surface area contributed by atoms with Gasteiger partial charge in [0.2, 0.25) is 0 Å². The fraction of sp³-hybridized carbons (Fsp3) is 0. The summed E-state index contributed by atoms with van der Waals surface area (Å²) in [5.74, 6) is -0.367.